The number of hydrogen-bond donors (Lipinski definition) is 1. The van der Waals surface area contributed by atoms with E-state index in [-0.39, 0.29) is 10.9 Å². The van der Waals surface area contributed by atoms with Crippen LogP contribution in [-0.4, -0.2) is 33.8 Å². The molecule has 31 heavy (non-hydrogen) atoms. The van der Waals surface area contributed by atoms with Gasteiger partial charge in [-0.15, -0.1) is 0 Å². The Morgan fingerprint density at radius 3 is 2.32 bits per heavy atom. The third-order valence-corrected chi connectivity index (χ3v) is 8.65. The van der Waals surface area contributed by atoms with Crippen LogP contribution in [0.1, 0.15) is 44.2 Å². The van der Waals surface area contributed by atoms with E-state index in [1.165, 1.54) is 30.6 Å². The van der Waals surface area contributed by atoms with Gasteiger partial charge < -0.3 is 5.32 Å². The first-order chi connectivity index (χ1) is 14.8. The van der Waals surface area contributed by atoms with Crippen LogP contribution >= 0.6 is 11.6 Å². The largest absolute Gasteiger partial charge is 0.348 e. The van der Waals surface area contributed by atoms with Crippen molar-refractivity contribution in [3.63, 3.8) is 0 Å². The molecule has 1 aliphatic rings. The zero-order chi connectivity index (χ0) is 22.1. The molecule has 1 saturated carbocycles. The van der Waals surface area contributed by atoms with E-state index in [2.05, 4.69) is 15.4 Å². The fourth-order valence-corrected chi connectivity index (χ4v) is 6.27. The lowest BCUT2D eigenvalue weighted by molar-refractivity contribution is -0.124. The van der Waals surface area contributed by atoms with Gasteiger partial charge in [-0.3, -0.25) is 4.79 Å². The predicted octanol–water partition coefficient (Wildman–Crippen LogP) is 3.88. The van der Waals surface area contributed by atoms with Gasteiger partial charge in [0.2, 0.25) is 5.91 Å². The van der Waals surface area contributed by atoms with Crippen LogP contribution in [0, 0.1) is 0 Å². The molecule has 3 aromatic rings. The first-order valence-electron chi connectivity index (χ1n) is 10.1. The number of hydrogen-bond acceptors (Lipinski definition) is 5. The second kappa shape index (κ2) is 8.43. The SMILES string of the molecule is CC(NC(=O)C1(S(=O)(=O)c2ccc(Cl)cc2)CCCC1)c1ccc(-n2cncn2)cc1. The molecule has 1 atom stereocenters. The summed E-state index contributed by atoms with van der Waals surface area (Å²) in [4.78, 5) is 17.4. The quantitative estimate of drug-likeness (QED) is 0.604. The summed E-state index contributed by atoms with van der Waals surface area (Å²) in [6, 6.07) is 13.2. The van der Waals surface area contributed by atoms with E-state index in [0.717, 1.165) is 11.3 Å². The zero-order valence-electron chi connectivity index (χ0n) is 17.0. The molecule has 1 N–H and O–H groups in total. The van der Waals surface area contributed by atoms with Crippen molar-refractivity contribution in [2.75, 3.05) is 0 Å². The lowest BCUT2D eigenvalue weighted by Crippen LogP contribution is -2.51. The molecule has 1 aliphatic carbocycles. The summed E-state index contributed by atoms with van der Waals surface area (Å²) in [6.45, 7) is 1.85. The minimum absolute atomic E-state index is 0.124. The maximum atomic E-state index is 13.5. The number of rotatable bonds is 6. The summed E-state index contributed by atoms with van der Waals surface area (Å²) in [5.41, 5.74) is 1.71. The number of nitrogens with one attached hydrogen (secondary N) is 1. The fourth-order valence-electron chi connectivity index (χ4n) is 4.07. The highest BCUT2D eigenvalue weighted by atomic mass is 35.5. The third kappa shape index (κ3) is 3.97. The van der Waals surface area contributed by atoms with Gasteiger partial charge in [0.05, 0.1) is 16.6 Å². The first kappa shape index (κ1) is 21.5. The van der Waals surface area contributed by atoms with Crippen LogP contribution in [0.5, 0.6) is 0 Å². The van der Waals surface area contributed by atoms with Crippen molar-refractivity contribution in [3.05, 3.63) is 71.8 Å². The Labute approximate surface area is 186 Å². The number of nitrogens with zero attached hydrogens (tertiary/aromatic N) is 3. The Hall–Kier alpha value is -2.71. The average molecular weight is 459 g/mol. The topological polar surface area (TPSA) is 94.0 Å². The van der Waals surface area contributed by atoms with Crippen molar-refractivity contribution in [3.8, 4) is 5.69 Å². The molecule has 9 heteroatoms. The molecular formula is C22H23ClN4O3S. The van der Waals surface area contributed by atoms with Gasteiger partial charge in [0.25, 0.3) is 0 Å². The van der Waals surface area contributed by atoms with E-state index in [9.17, 15) is 13.2 Å². The van der Waals surface area contributed by atoms with Gasteiger partial charge in [-0.05, 0) is 61.7 Å². The average Bonchev–Trinajstić information content (AvgIpc) is 3.47. The summed E-state index contributed by atoms with van der Waals surface area (Å²) in [5.74, 6) is -0.451. The van der Waals surface area contributed by atoms with Crippen molar-refractivity contribution in [1.29, 1.82) is 0 Å². The number of carbonyl (C=O) groups excluding carboxylic acids is 1. The highest BCUT2D eigenvalue weighted by Gasteiger charge is 2.53. The molecule has 1 amide bonds. The second-order valence-corrected chi connectivity index (χ2v) is 10.5. The van der Waals surface area contributed by atoms with E-state index < -0.39 is 20.5 Å². The van der Waals surface area contributed by atoms with Gasteiger partial charge in [-0.2, -0.15) is 5.10 Å². The molecule has 0 aliphatic heterocycles. The number of carbonyl (C=O) groups is 1. The smallest absolute Gasteiger partial charge is 0.242 e. The minimum Gasteiger partial charge on any atom is -0.348 e. The summed E-state index contributed by atoms with van der Waals surface area (Å²) < 4.78 is 27.1. The van der Waals surface area contributed by atoms with E-state index in [0.29, 0.717) is 30.7 Å². The van der Waals surface area contributed by atoms with Crippen molar-refractivity contribution in [2.24, 2.45) is 0 Å². The lowest BCUT2D eigenvalue weighted by atomic mass is 10.0. The molecule has 162 valence electrons. The standard InChI is InChI=1S/C22H23ClN4O3S/c1-16(17-4-8-19(9-5-17)27-15-24-14-25-27)26-21(28)22(12-2-3-13-22)31(29,30)20-10-6-18(23)7-11-20/h4-11,14-16H,2-3,12-13H2,1H3,(H,26,28). The summed E-state index contributed by atoms with van der Waals surface area (Å²) in [6.07, 6.45) is 5.07. The van der Waals surface area contributed by atoms with E-state index in [1.54, 1.807) is 11.0 Å². The Morgan fingerprint density at radius 1 is 1.10 bits per heavy atom. The van der Waals surface area contributed by atoms with Gasteiger partial charge in [0.1, 0.15) is 12.7 Å². The zero-order valence-corrected chi connectivity index (χ0v) is 18.6. The molecule has 7 nitrogen and oxygen atoms in total. The van der Waals surface area contributed by atoms with Crippen LogP contribution in [0.25, 0.3) is 5.69 Å². The Kier molecular flexibility index (Phi) is 5.85. The van der Waals surface area contributed by atoms with Gasteiger partial charge >= 0.3 is 0 Å². The molecule has 1 aromatic heterocycles. The summed E-state index contributed by atoms with van der Waals surface area (Å²) in [5, 5.41) is 7.49. The molecule has 1 fully saturated rings. The molecule has 4 rings (SSSR count). The summed E-state index contributed by atoms with van der Waals surface area (Å²) >= 11 is 5.92. The van der Waals surface area contributed by atoms with Crippen molar-refractivity contribution in [2.45, 2.75) is 48.3 Å². The summed E-state index contributed by atoms with van der Waals surface area (Å²) in [7, 11) is -3.87. The molecule has 2 aromatic carbocycles. The normalized spacial score (nSPS) is 16.7. The minimum atomic E-state index is -3.87. The molecular weight excluding hydrogens is 436 g/mol. The third-order valence-electron chi connectivity index (χ3n) is 5.89. The second-order valence-electron chi connectivity index (χ2n) is 7.79. The molecule has 0 saturated heterocycles. The van der Waals surface area contributed by atoms with Gasteiger partial charge in [0, 0.05) is 5.02 Å². The van der Waals surface area contributed by atoms with Crippen LogP contribution in [0.3, 0.4) is 0 Å². The maximum Gasteiger partial charge on any atom is 0.242 e. The number of aromatic nitrogens is 3. The number of benzene rings is 2. The number of amides is 1. The molecule has 0 radical (unpaired) electrons. The maximum absolute atomic E-state index is 13.5. The molecule has 1 heterocycles. The van der Waals surface area contributed by atoms with Gasteiger partial charge in [-0.25, -0.2) is 18.1 Å². The van der Waals surface area contributed by atoms with Crippen LogP contribution in [0.15, 0.2) is 66.1 Å². The molecule has 0 spiro atoms. The fraction of sp³-hybridized carbons (Fsp3) is 0.318. The van der Waals surface area contributed by atoms with E-state index in [4.69, 9.17) is 11.6 Å². The van der Waals surface area contributed by atoms with Gasteiger partial charge in [0.15, 0.2) is 14.6 Å². The monoisotopic (exact) mass is 458 g/mol. The Bertz CT molecular complexity index is 1150. The highest BCUT2D eigenvalue weighted by molar-refractivity contribution is 7.93. The number of halogens is 1. The highest BCUT2D eigenvalue weighted by Crippen LogP contribution is 2.41. The molecule has 0 bridgehead atoms. The van der Waals surface area contributed by atoms with Crippen LogP contribution in [-0.2, 0) is 14.6 Å². The predicted molar refractivity (Wildman–Crippen MR) is 118 cm³/mol. The Balaban J connectivity index is 1.57. The Morgan fingerprint density at radius 2 is 1.74 bits per heavy atom. The lowest BCUT2D eigenvalue weighted by Gasteiger charge is -2.29. The molecule has 1 unspecified atom stereocenters. The van der Waals surface area contributed by atoms with Crippen molar-refractivity contribution in [1.82, 2.24) is 20.1 Å². The van der Waals surface area contributed by atoms with Crippen molar-refractivity contribution >= 4 is 27.3 Å². The van der Waals surface area contributed by atoms with E-state index >= 15 is 0 Å². The first-order valence-corrected chi connectivity index (χ1v) is 12.0. The number of sulfone groups is 1. The van der Waals surface area contributed by atoms with Crippen LogP contribution in [0.2, 0.25) is 5.02 Å². The van der Waals surface area contributed by atoms with Crippen molar-refractivity contribution < 1.29 is 13.2 Å². The van der Waals surface area contributed by atoms with Crippen LogP contribution < -0.4 is 5.32 Å². The van der Waals surface area contributed by atoms with Crippen LogP contribution in [0.4, 0.5) is 0 Å². The van der Waals surface area contributed by atoms with Gasteiger partial charge in [-0.1, -0.05) is 36.6 Å². The van der Waals surface area contributed by atoms with E-state index in [1.807, 2.05) is 31.2 Å².